The molecule has 0 bridgehead atoms. The molecule has 0 fully saturated rings. The first-order chi connectivity index (χ1) is 10.7. The third-order valence-electron chi connectivity index (χ3n) is 2.93. The lowest BCUT2D eigenvalue weighted by Crippen LogP contribution is -2.28. The van der Waals surface area contributed by atoms with E-state index in [1.54, 1.807) is 12.3 Å². The molecule has 0 radical (unpaired) electrons. The molecule has 0 spiro atoms. The molecule has 1 aromatic heterocycles. The number of aryl methyl sites for hydroxylation is 1. The molecule has 1 heterocycles. The quantitative estimate of drug-likeness (QED) is 0.277. The van der Waals surface area contributed by atoms with Crippen LogP contribution < -0.4 is 16.6 Å². The van der Waals surface area contributed by atoms with Gasteiger partial charge in [0.25, 0.3) is 5.56 Å². The molecule has 22 heavy (non-hydrogen) atoms. The normalized spacial score (nSPS) is 11.0. The van der Waals surface area contributed by atoms with E-state index in [0.29, 0.717) is 19.5 Å². The first kappa shape index (κ1) is 15.3. The van der Waals surface area contributed by atoms with Gasteiger partial charge < -0.3 is 5.73 Å². The highest BCUT2D eigenvalue weighted by Gasteiger charge is 2.02. The summed E-state index contributed by atoms with van der Waals surface area (Å²) in [6.07, 6.45) is 2.28. The Morgan fingerprint density at radius 3 is 2.82 bits per heavy atom. The van der Waals surface area contributed by atoms with Crippen molar-refractivity contribution in [2.24, 2.45) is 10.7 Å². The minimum absolute atomic E-state index is 0.0702. The molecule has 0 unspecified atom stereocenters. The summed E-state index contributed by atoms with van der Waals surface area (Å²) in [6.45, 7) is 0.840. The Balaban J connectivity index is 2.04. The molecule has 0 atom stereocenters. The largest absolute Gasteiger partial charge is 0.369 e. The van der Waals surface area contributed by atoms with Gasteiger partial charge in [-0.05, 0) is 12.5 Å². The van der Waals surface area contributed by atoms with E-state index in [1.165, 1.54) is 10.7 Å². The fraction of sp³-hybridized carbons (Fsp3) is 0.200. The van der Waals surface area contributed by atoms with Crippen LogP contribution in [0, 0.1) is 11.5 Å². The van der Waals surface area contributed by atoms with Crippen LogP contribution in [-0.4, -0.2) is 22.3 Å². The second-order valence-corrected chi connectivity index (χ2v) is 4.50. The van der Waals surface area contributed by atoms with Crippen LogP contribution in [0.15, 0.2) is 52.3 Å². The van der Waals surface area contributed by atoms with Crippen molar-refractivity contribution in [1.29, 1.82) is 5.26 Å². The van der Waals surface area contributed by atoms with Gasteiger partial charge >= 0.3 is 0 Å². The Hall–Kier alpha value is -3.14. The number of nitrogens with one attached hydrogen (secondary N) is 1. The van der Waals surface area contributed by atoms with Crippen LogP contribution >= 0.6 is 0 Å². The maximum Gasteiger partial charge on any atom is 0.266 e. The summed E-state index contributed by atoms with van der Waals surface area (Å²) in [6, 6.07) is 12.9. The first-order valence-electron chi connectivity index (χ1n) is 6.79. The zero-order chi connectivity index (χ0) is 15.8. The van der Waals surface area contributed by atoms with E-state index < -0.39 is 0 Å². The number of nitriles is 1. The standard InChI is InChI=1S/C15H16N6O/c16-11-19-15(17)18-9-4-10-21-14(22)8-7-13(20-21)12-5-2-1-3-6-12/h1-3,5-8H,4,9-10H2,(H3,17,18,19). The van der Waals surface area contributed by atoms with Gasteiger partial charge in [-0.25, -0.2) is 4.68 Å². The number of rotatable bonds is 5. The van der Waals surface area contributed by atoms with Crippen LogP contribution in [0.2, 0.25) is 0 Å². The third kappa shape index (κ3) is 4.18. The van der Waals surface area contributed by atoms with E-state index in [-0.39, 0.29) is 11.5 Å². The fourth-order valence-corrected chi connectivity index (χ4v) is 1.89. The summed E-state index contributed by atoms with van der Waals surface area (Å²) >= 11 is 0. The van der Waals surface area contributed by atoms with Crippen molar-refractivity contribution in [3.63, 3.8) is 0 Å². The van der Waals surface area contributed by atoms with Crippen molar-refractivity contribution in [2.75, 3.05) is 6.54 Å². The molecule has 0 aliphatic heterocycles. The molecule has 7 nitrogen and oxygen atoms in total. The predicted molar refractivity (Wildman–Crippen MR) is 83.8 cm³/mol. The van der Waals surface area contributed by atoms with Gasteiger partial charge in [0.05, 0.1) is 5.69 Å². The SMILES string of the molecule is N#CNC(N)=NCCCn1nc(-c2ccccc2)ccc1=O. The second-order valence-electron chi connectivity index (χ2n) is 4.50. The number of guanidine groups is 1. The van der Waals surface area contributed by atoms with E-state index >= 15 is 0 Å². The molecule has 0 aliphatic rings. The number of hydrogen-bond acceptors (Lipinski definition) is 4. The van der Waals surface area contributed by atoms with Crippen LogP contribution in [0.4, 0.5) is 0 Å². The molecule has 0 saturated carbocycles. The minimum Gasteiger partial charge on any atom is -0.369 e. The van der Waals surface area contributed by atoms with Gasteiger partial charge in [0.1, 0.15) is 0 Å². The number of nitrogens with zero attached hydrogens (tertiary/aromatic N) is 4. The van der Waals surface area contributed by atoms with Crippen LogP contribution in [-0.2, 0) is 6.54 Å². The zero-order valence-corrected chi connectivity index (χ0v) is 11.9. The van der Waals surface area contributed by atoms with Crippen LogP contribution in [0.1, 0.15) is 6.42 Å². The van der Waals surface area contributed by atoms with E-state index in [9.17, 15) is 4.79 Å². The van der Waals surface area contributed by atoms with E-state index in [2.05, 4.69) is 15.4 Å². The number of aromatic nitrogens is 2. The maximum atomic E-state index is 11.8. The number of aliphatic imine (C=N–C) groups is 1. The highest BCUT2D eigenvalue weighted by Crippen LogP contribution is 2.13. The monoisotopic (exact) mass is 296 g/mol. The van der Waals surface area contributed by atoms with Gasteiger partial charge in [-0.3, -0.25) is 15.1 Å². The van der Waals surface area contributed by atoms with Crippen LogP contribution in [0.5, 0.6) is 0 Å². The molecule has 0 amide bonds. The first-order valence-corrected chi connectivity index (χ1v) is 6.79. The summed E-state index contributed by atoms with van der Waals surface area (Å²) in [7, 11) is 0. The van der Waals surface area contributed by atoms with Gasteiger partial charge in [0.2, 0.25) is 5.96 Å². The second kappa shape index (κ2) is 7.59. The minimum atomic E-state index is -0.160. The van der Waals surface area contributed by atoms with Gasteiger partial charge in [0, 0.05) is 24.7 Å². The van der Waals surface area contributed by atoms with Gasteiger partial charge in [-0.2, -0.15) is 10.4 Å². The molecular weight excluding hydrogens is 280 g/mol. The van der Waals surface area contributed by atoms with Crippen molar-refractivity contribution in [3.05, 3.63) is 52.8 Å². The van der Waals surface area contributed by atoms with Crippen molar-refractivity contribution in [1.82, 2.24) is 15.1 Å². The fourth-order valence-electron chi connectivity index (χ4n) is 1.89. The molecule has 1 aromatic carbocycles. The maximum absolute atomic E-state index is 11.8. The van der Waals surface area contributed by atoms with Crippen molar-refractivity contribution in [2.45, 2.75) is 13.0 Å². The molecule has 2 rings (SSSR count). The number of benzene rings is 1. The molecular formula is C15H16N6O. The molecule has 112 valence electrons. The van der Waals surface area contributed by atoms with Gasteiger partial charge in [-0.15, -0.1) is 0 Å². The van der Waals surface area contributed by atoms with Gasteiger partial charge in [0.15, 0.2) is 6.19 Å². The Labute approximate surface area is 127 Å². The van der Waals surface area contributed by atoms with Crippen molar-refractivity contribution < 1.29 is 0 Å². The summed E-state index contributed by atoms with van der Waals surface area (Å²) in [5.74, 6) is 0.0702. The molecule has 3 N–H and O–H groups in total. The van der Waals surface area contributed by atoms with E-state index in [1.807, 2.05) is 30.3 Å². The van der Waals surface area contributed by atoms with E-state index in [4.69, 9.17) is 11.0 Å². The highest BCUT2D eigenvalue weighted by atomic mass is 16.1. The summed E-state index contributed by atoms with van der Waals surface area (Å²) in [5, 5.41) is 15.0. The Morgan fingerprint density at radius 2 is 2.09 bits per heavy atom. The molecule has 0 saturated heterocycles. The average molecular weight is 296 g/mol. The van der Waals surface area contributed by atoms with Crippen LogP contribution in [0.25, 0.3) is 11.3 Å². The predicted octanol–water partition coefficient (Wildman–Crippen LogP) is 0.686. The summed E-state index contributed by atoms with van der Waals surface area (Å²) in [5.41, 5.74) is 6.97. The molecule has 7 heteroatoms. The Morgan fingerprint density at radius 1 is 1.32 bits per heavy atom. The lowest BCUT2D eigenvalue weighted by atomic mass is 10.1. The average Bonchev–Trinajstić information content (AvgIpc) is 2.54. The number of nitrogens with two attached hydrogens (primary N) is 1. The Bertz CT molecular complexity index is 745. The van der Waals surface area contributed by atoms with Crippen molar-refractivity contribution >= 4 is 5.96 Å². The van der Waals surface area contributed by atoms with E-state index in [0.717, 1.165) is 11.3 Å². The topological polar surface area (TPSA) is 109 Å². The van der Waals surface area contributed by atoms with Gasteiger partial charge in [-0.1, -0.05) is 30.3 Å². The lowest BCUT2D eigenvalue weighted by Gasteiger charge is -2.06. The number of hydrogen-bond donors (Lipinski definition) is 2. The molecule has 0 aliphatic carbocycles. The summed E-state index contributed by atoms with van der Waals surface area (Å²) in [4.78, 5) is 15.8. The van der Waals surface area contributed by atoms with Crippen molar-refractivity contribution in [3.8, 4) is 17.5 Å². The Kier molecular flexibility index (Phi) is 5.26. The third-order valence-corrected chi connectivity index (χ3v) is 2.93. The smallest absolute Gasteiger partial charge is 0.266 e. The summed E-state index contributed by atoms with van der Waals surface area (Å²) < 4.78 is 1.41. The highest BCUT2D eigenvalue weighted by molar-refractivity contribution is 5.79. The lowest BCUT2D eigenvalue weighted by molar-refractivity contribution is 0.556. The zero-order valence-electron chi connectivity index (χ0n) is 11.9. The molecule has 2 aromatic rings. The van der Waals surface area contributed by atoms with Crippen LogP contribution in [0.3, 0.4) is 0 Å².